The van der Waals surface area contributed by atoms with E-state index >= 15 is 0 Å². The van der Waals surface area contributed by atoms with Crippen molar-refractivity contribution in [1.82, 2.24) is 5.32 Å². The summed E-state index contributed by atoms with van der Waals surface area (Å²) in [5, 5.41) is 3.13. The molecule has 2 aromatic carbocycles. The van der Waals surface area contributed by atoms with Crippen LogP contribution in [0.3, 0.4) is 0 Å². The van der Waals surface area contributed by atoms with Gasteiger partial charge >= 0.3 is 0 Å². The first kappa shape index (κ1) is 28.4. The van der Waals surface area contributed by atoms with Gasteiger partial charge in [-0.1, -0.05) is 63.8 Å². The van der Waals surface area contributed by atoms with Gasteiger partial charge in [-0.2, -0.15) is 0 Å². The minimum atomic E-state index is -0.940. The van der Waals surface area contributed by atoms with Crippen molar-refractivity contribution < 1.29 is 18.0 Å². The van der Waals surface area contributed by atoms with Crippen molar-refractivity contribution >= 4 is 17.0 Å². The molecule has 0 amide bonds. The number of rotatable bonds is 10. The van der Waals surface area contributed by atoms with Crippen LogP contribution < -0.4 is 11.1 Å². The van der Waals surface area contributed by atoms with E-state index in [-0.39, 0.29) is 28.2 Å². The number of benzene rings is 2. The number of hydrogen-bond donors (Lipinski definition) is 2. The summed E-state index contributed by atoms with van der Waals surface area (Å²) < 4.78 is 43.2. The van der Waals surface area contributed by atoms with Gasteiger partial charge in [0.15, 0.2) is 11.6 Å². The molecule has 0 atom stereocenters. The molecule has 0 fully saturated rings. The first-order valence-electron chi connectivity index (χ1n) is 11.6. The number of nitrogen functional groups attached to an aromatic ring is 1. The van der Waals surface area contributed by atoms with Crippen LogP contribution in [0, 0.1) is 24.4 Å². The number of carbonyl (C=O) groups excluding carboxylic acids is 1. The highest BCUT2D eigenvalue weighted by Gasteiger charge is 2.21. The van der Waals surface area contributed by atoms with Crippen LogP contribution in [0.4, 0.5) is 18.9 Å². The standard InChI is InChI=1S/C20H20F3NO.C7H17N/c1-4-5-6-13(12(3)25)14-8-9-15(19(23)20(14)24)17-16(21)10-7-11(2)18(17)22;1-3-4-5-6-7-8-2/h6-10H,4-5,24H2,1-3H3;8H,3-7H2,1-2H3/b13-6-;. The average molecular weight is 463 g/mol. The topological polar surface area (TPSA) is 55.1 Å². The minimum absolute atomic E-state index is 0.200. The zero-order chi connectivity index (χ0) is 25.0. The van der Waals surface area contributed by atoms with E-state index in [1.54, 1.807) is 6.08 Å². The summed E-state index contributed by atoms with van der Waals surface area (Å²) >= 11 is 0. The Morgan fingerprint density at radius 1 is 1.00 bits per heavy atom. The third kappa shape index (κ3) is 8.04. The highest BCUT2D eigenvalue weighted by atomic mass is 19.1. The normalized spacial score (nSPS) is 11.2. The van der Waals surface area contributed by atoms with Gasteiger partial charge in [-0.15, -0.1) is 0 Å². The van der Waals surface area contributed by atoms with Gasteiger partial charge in [0.2, 0.25) is 0 Å². The lowest BCUT2D eigenvalue weighted by Gasteiger charge is -2.14. The molecule has 3 nitrogen and oxygen atoms in total. The zero-order valence-corrected chi connectivity index (χ0v) is 20.5. The Balaban J connectivity index is 0.000000582. The fraction of sp³-hybridized carbons (Fsp3) is 0.444. The van der Waals surface area contributed by atoms with Crippen molar-refractivity contribution in [2.75, 3.05) is 19.3 Å². The lowest BCUT2D eigenvalue weighted by Crippen LogP contribution is -2.06. The Kier molecular flexibility index (Phi) is 12.5. The van der Waals surface area contributed by atoms with Gasteiger partial charge in [0.1, 0.15) is 11.6 Å². The molecule has 0 aliphatic rings. The van der Waals surface area contributed by atoms with Crippen LogP contribution in [0.25, 0.3) is 16.7 Å². The van der Waals surface area contributed by atoms with E-state index in [4.69, 9.17) is 5.73 Å². The van der Waals surface area contributed by atoms with Crippen LogP contribution >= 0.6 is 0 Å². The van der Waals surface area contributed by atoms with Crippen molar-refractivity contribution in [1.29, 1.82) is 0 Å². The summed E-state index contributed by atoms with van der Waals surface area (Å²) in [5.41, 5.74) is 5.57. The molecular formula is C27H37F3N2O. The number of nitrogens with two attached hydrogens (primary N) is 1. The minimum Gasteiger partial charge on any atom is -0.396 e. The molecule has 0 bridgehead atoms. The number of anilines is 1. The fourth-order valence-electron chi connectivity index (χ4n) is 3.38. The second-order valence-electron chi connectivity index (χ2n) is 8.07. The lowest BCUT2D eigenvalue weighted by molar-refractivity contribution is -0.111. The van der Waals surface area contributed by atoms with Crippen molar-refractivity contribution in [3.8, 4) is 11.1 Å². The highest BCUT2D eigenvalue weighted by molar-refractivity contribution is 6.21. The lowest BCUT2D eigenvalue weighted by atomic mass is 9.94. The van der Waals surface area contributed by atoms with Crippen molar-refractivity contribution in [3.63, 3.8) is 0 Å². The number of hydrogen-bond acceptors (Lipinski definition) is 3. The van der Waals surface area contributed by atoms with Crippen molar-refractivity contribution in [2.24, 2.45) is 0 Å². The number of allylic oxidation sites excluding steroid dienone is 2. The molecule has 0 aliphatic heterocycles. The zero-order valence-electron chi connectivity index (χ0n) is 20.5. The van der Waals surface area contributed by atoms with E-state index in [1.807, 2.05) is 14.0 Å². The summed E-state index contributed by atoms with van der Waals surface area (Å²) in [7, 11) is 2.01. The predicted molar refractivity (Wildman–Crippen MR) is 133 cm³/mol. The predicted octanol–water partition coefficient (Wildman–Crippen LogP) is 7.22. The first-order valence-corrected chi connectivity index (χ1v) is 11.6. The largest absolute Gasteiger partial charge is 0.396 e. The molecule has 2 rings (SSSR count). The van der Waals surface area contributed by atoms with Gasteiger partial charge in [0.25, 0.3) is 0 Å². The van der Waals surface area contributed by atoms with Gasteiger partial charge in [0, 0.05) is 16.7 Å². The molecule has 0 radical (unpaired) electrons. The Labute approximate surface area is 196 Å². The van der Waals surface area contributed by atoms with Crippen LogP contribution in [0.1, 0.15) is 70.4 Å². The second-order valence-corrected chi connectivity index (χ2v) is 8.07. The fourth-order valence-corrected chi connectivity index (χ4v) is 3.38. The first-order chi connectivity index (χ1) is 15.7. The number of carbonyl (C=O) groups is 1. The number of Topliss-reactive ketones (excluding diaryl/α,β-unsaturated/α-hetero) is 1. The van der Waals surface area contributed by atoms with Crippen LogP contribution in [0.5, 0.6) is 0 Å². The summed E-state index contributed by atoms with van der Waals surface area (Å²) in [5.74, 6) is -2.90. The van der Waals surface area contributed by atoms with Gasteiger partial charge < -0.3 is 11.1 Å². The van der Waals surface area contributed by atoms with E-state index < -0.39 is 23.0 Å². The van der Waals surface area contributed by atoms with E-state index in [0.29, 0.717) is 12.0 Å². The van der Waals surface area contributed by atoms with Crippen molar-refractivity contribution in [2.45, 2.75) is 66.2 Å². The van der Waals surface area contributed by atoms with E-state index in [0.717, 1.165) is 12.5 Å². The number of halogens is 3. The summed E-state index contributed by atoms with van der Waals surface area (Å²) in [6.45, 7) is 8.20. The highest BCUT2D eigenvalue weighted by Crippen LogP contribution is 2.35. The molecule has 0 heterocycles. The Morgan fingerprint density at radius 3 is 2.27 bits per heavy atom. The average Bonchev–Trinajstić information content (AvgIpc) is 2.78. The van der Waals surface area contributed by atoms with Gasteiger partial charge in [0.05, 0.1) is 11.3 Å². The smallest absolute Gasteiger partial charge is 0.160 e. The third-order valence-electron chi connectivity index (χ3n) is 5.32. The molecule has 3 N–H and O–H groups in total. The maximum atomic E-state index is 14.8. The molecule has 0 aromatic heterocycles. The van der Waals surface area contributed by atoms with E-state index in [1.165, 1.54) is 64.3 Å². The number of nitrogens with one attached hydrogen (secondary N) is 1. The second kappa shape index (κ2) is 14.5. The maximum Gasteiger partial charge on any atom is 0.160 e. The van der Waals surface area contributed by atoms with Gasteiger partial charge in [-0.25, -0.2) is 13.2 Å². The molecule has 0 saturated carbocycles. The number of unbranched alkanes of at least 4 members (excludes halogenated alkanes) is 4. The van der Waals surface area contributed by atoms with Crippen LogP contribution in [-0.4, -0.2) is 19.4 Å². The third-order valence-corrected chi connectivity index (χ3v) is 5.32. The molecule has 182 valence electrons. The van der Waals surface area contributed by atoms with Crippen molar-refractivity contribution in [3.05, 3.63) is 58.9 Å². The molecular weight excluding hydrogens is 425 g/mol. The van der Waals surface area contributed by atoms with Crippen LogP contribution in [0.15, 0.2) is 30.3 Å². The molecule has 2 aromatic rings. The molecule has 0 aliphatic carbocycles. The number of ketones is 1. The molecule has 33 heavy (non-hydrogen) atoms. The monoisotopic (exact) mass is 462 g/mol. The summed E-state index contributed by atoms with van der Waals surface area (Å²) in [6.07, 6.45) is 8.60. The maximum absolute atomic E-state index is 14.8. The Morgan fingerprint density at radius 2 is 1.70 bits per heavy atom. The van der Waals surface area contributed by atoms with Crippen LogP contribution in [0.2, 0.25) is 0 Å². The van der Waals surface area contributed by atoms with Crippen LogP contribution in [-0.2, 0) is 4.79 Å². The van der Waals surface area contributed by atoms with E-state index in [9.17, 15) is 18.0 Å². The quantitative estimate of drug-likeness (QED) is 0.223. The molecule has 0 spiro atoms. The summed E-state index contributed by atoms with van der Waals surface area (Å²) in [6, 6.07) is 5.05. The molecule has 0 saturated heterocycles. The summed E-state index contributed by atoms with van der Waals surface area (Å²) in [4.78, 5) is 11.9. The van der Waals surface area contributed by atoms with E-state index in [2.05, 4.69) is 12.2 Å². The SMILES string of the molecule is CCC/C=C(/C(C)=O)c1ccc(-c2c(F)ccc(C)c2F)c(F)c1N.CCCCCCNC. The molecule has 6 heteroatoms. The van der Waals surface area contributed by atoms with Gasteiger partial charge in [-0.05, 0) is 51.9 Å². The van der Waals surface area contributed by atoms with Gasteiger partial charge in [-0.3, -0.25) is 4.79 Å². The Bertz CT molecular complexity index is 949. The number of aryl methyl sites for hydroxylation is 1. The molecule has 0 unspecified atom stereocenters. The Hall–Kier alpha value is -2.60.